The van der Waals surface area contributed by atoms with Gasteiger partial charge in [-0.2, -0.15) is 0 Å². The minimum atomic E-state index is -0.254. The van der Waals surface area contributed by atoms with Crippen molar-refractivity contribution in [3.8, 4) is 0 Å². The number of fused-ring (bicyclic) bond motifs is 5. The molecule has 0 unspecified atom stereocenters. The summed E-state index contributed by atoms with van der Waals surface area (Å²) < 4.78 is 5.69. The van der Waals surface area contributed by atoms with Crippen LogP contribution in [0.4, 0.5) is 0 Å². The molecular weight excluding hydrogens is 366 g/mol. The number of imide groups is 1. The summed E-state index contributed by atoms with van der Waals surface area (Å²) in [4.78, 5) is 32.0. The van der Waals surface area contributed by atoms with Crippen molar-refractivity contribution in [3.05, 3.63) is 12.2 Å². The van der Waals surface area contributed by atoms with Crippen LogP contribution in [-0.4, -0.2) is 84.0 Å². The van der Waals surface area contributed by atoms with Gasteiger partial charge < -0.3 is 9.64 Å². The van der Waals surface area contributed by atoms with Crippen LogP contribution in [0.3, 0.4) is 0 Å². The van der Waals surface area contributed by atoms with Gasteiger partial charge in [0.15, 0.2) is 0 Å². The molecule has 4 atom stereocenters. The molecule has 0 saturated carbocycles. The maximum atomic E-state index is 12.6. The third-order valence-electron chi connectivity index (χ3n) is 7.47. The van der Waals surface area contributed by atoms with Crippen LogP contribution in [0.1, 0.15) is 52.4 Å². The number of hydrogen-bond donors (Lipinski definition) is 0. The van der Waals surface area contributed by atoms with Gasteiger partial charge in [0, 0.05) is 38.8 Å². The van der Waals surface area contributed by atoms with Gasteiger partial charge >= 0.3 is 0 Å². The molecule has 0 aromatic rings. The summed E-state index contributed by atoms with van der Waals surface area (Å²) in [7, 11) is 0. The summed E-state index contributed by atoms with van der Waals surface area (Å²) in [5, 5.41) is 0. The Kier molecular flexibility index (Phi) is 6.72. The molecule has 2 amide bonds. The van der Waals surface area contributed by atoms with E-state index in [-0.39, 0.29) is 35.9 Å². The zero-order valence-electron chi connectivity index (χ0n) is 18.1. The first-order valence-corrected chi connectivity index (χ1v) is 11.8. The quantitative estimate of drug-likeness (QED) is 0.318. The lowest BCUT2D eigenvalue weighted by atomic mass is 9.85. The smallest absolute Gasteiger partial charge is 0.236 e. The van der Waals surface area contributed by atoms with Crippen LogP contribution in [0, 0.1) is 11.8 Å². The second-order valence-electron chi connectivity index (χ2n) is 9.09. The largest absolute Gasteiger partial charge is 0.365 e. The van der Waals surface area contributed by atoms with E-state index in [4.69, 9.17) is 4.74 Å². The van der Waals surface area contributed by atoms with Gasteiger partial charge in [0.2, 0.25) is 11.8 Å². The van der Waals surface area contributed by atoms with E-state index in [0.717, 1.165) is 18.9 Å². The zero-order chi connectivity index (χ0) is 20.4. The normalized spacial score (nSPS) is 32.2. The van der Waals surface area contributed by atoms with E-state index in [1.54, 1.807) is 0 Å². The van der Waals surface area contributed by atoms with Gasteiger partial charge in [-0.15, -0.1) is 0 Å². The summed E-state index contributed by atoms with van der Waals surface area (Å²) in [6.07, 6.45) is 10.5. The fourth-order valence-electron chi connectivity index (χ4n) is 5.70. The van der Waals surface area contributed by atoms with Crippen LogP contribution >= 0.6 is 0 Å². The SMILES string of the molecule is CCC(CC)N1CCN(CCCCCCN2C(=O)[C@@H]3[C@H](C2=O)[C@H]2C=C[C@@H]3O2)CC1. The average Bonchev–Trinajstić information content (AvgIpc) is 3.42. The van der Waals surface area contributed by atoms with Crippen molar-refractivity contribution in [1.29, 1.82) is 0 Å². The molecule has 0 N–H and O–H groups in total. The first-order valence-electron chi connectivity index (χ1n) is 11.8. The number of nitrogens with zero attached hydrogens (tertiary/aromatic N) is 3. The zero-order valence-corrected chi connectivity index (χ0v) is 18.1. The Labute approximate surface area is 175 Å². The van der Waals surface area contributed by atoms with Crippen LogP contribution < -0.4 is 0 Å². The fraction of sp³-hybridized carbons (Fsp3) is 0.826. The van der Waals surface area contributed by atoms with Gasteiger partial charge in [-0.05, 0) is 32.2 Å². The molecule has 6 heteroatoms. The number of ether oxygens (including phenoxy) is 1. The van der Waals surface area contributed by atoms with Gasteiger partial charge in [-0.1, -0.05) is 38.8 Å². The Bertz CT molecular complexity index is 595. The van der Waals surface area contributed by atoms with E-state index >= 15 is 0 Å². The first-order chi connectivity index (χ1) is 14.1. The van der Waals surface area contributed by atoms with E-state index < -0.39 is 0 Å². The van der Waals surface area contributed by atoms with E-state index in [1.165, 1.54) is 63.3 Å². The molecule has 4 aliphatic rings. The lowest BCUT2D eigenvalue weighted by Gasteiger charge is -2.38. The molecule has 2 bridgehead atoms. The number of piperazine rings is 1. The van der Waals surface area contributed by atoms with Crippen molar-refractivity contribution in [2.45, 2.75) is 70.6 Å². The Morgan fingerprint density at radius 3 is 1.97 bits per heavy atom. The summed E-state index contributed by atoms with van der Waals surface area (Å²) in [6.45, 7) is 11.1. The van der Waals surface area contributed by atoms with Gasteiger partial charge in [-0.3, -0.25) is 19.4 Å². The molecule has 4 rings (SSSR count). The van der Waals surface area contributed by atoms with Crippen molar-refractivity contribution in [2.75, 3.05) is 39.3 Å². The number of carbonyl (C=O) groups excluding carboxylic acids is 2. The van der Waals surface area contributed by atoms with Crippen LogP contribution in [0.25, 0.3) is 0 Å². The predicted octanol–water partition coefficient (Wildman–Crippen LogP) is 2.29. The lowest BCUT2D eigenvalue weighted by Crippen LogP contribution is -2.50. The number of unbranched alkanes of at least 4 members (excludes halogenated alkanes) is 3. The highest BCUT2D eigenvalue weighted by molar-refractivity contribution is 6.06. The minimum Gasteiger partial charge on any atom is -0.365 e. The van der Waals surface area contributed by atoms with Crippen molar-refractivity contribution >= 4 is 11.8 Å². The summed E-state index contributed by atoms with van der Waals surface area (Å²) in [5.41, 5.74) is 0. The van der Waals surface area contributed by atoms with Gasteiger partial charge in [0.1, 0.15) is 0 Å². The van der Waals surface area contributed by atoms with Gasteiger partial charge in [0.05, 0.1) is 24.0 Å². The summed E-state index contributed by atoms with van der Waals surface area (Å²) >= 11 is 0. The molecule has 0 aromatic heterocycles. The molecule has 29 heavy (non-hydrogen) atoms. The van der Waals surface area contributed by atoms with Crippen LogP contribution in [0.15, 0.2) is 12.2 Å². The molecule has 0 spiro atoms. The van der Waals surface area contributed by atoms with Crippen LogP contribution in [-0.2, 0) is 14.3 Å². The maximum Gasteiger partial charge on any atom is 0.236 e. The monoisotopic (exact) mass is 403 g/mol. The van der Waals surface area contributed by atoms with Gasteiger partial charge in [0.25, 0.3) is 0 Å². The van der Waals surface area contributed by atoms with Crippen molar-refractivity contribution in [3.63, 3.8) is 0 Å². The van der Waals surface area contributed by atoms with E-state index in [2.05, 4.69) is 23.6 Å². The molecule has 0 radical (unpaired) electrons. The Hall–Kier alpha value is -1.24. The highest BCUT2D eigenvalue weighted by Crippen LogP contribution is 2.45. The van der Waals surface area contributed by atoms with E-state index in [9.17, 15) is 9.59 Å². The highest BCUT2D eigenvalue weighted by Gasteiger charge is 2.60. The topological polar surface area (TPSA) is 53.1 Å². The number of carbonyl (C=O) groups is 2. The lowest BCUT2D eigenvalue weighted by molar-refractivity contribution is -0.142. The third kappa shape index (κ3) is 4.17. The molecule has 3 fully saturated rings. The molecule has 0 aliphatic carbocycles. The third-order valence-corrected chi connectivity index (χ3v) is 7.47. The van der Waals surface area contributed by atoms with Crippen molar-refractivity contribution in [1.82, 2.24) is 14.7 Å². The second-order valence-corrected chi connectivity index (χ2v) is 9.09. The number of amides is 2. The van der Waals surface area contributed by atoms with E-state index in [0.29, 0.717) is 6.54 Å². The highest BCUT2D eigenvalue weighted by atomic mass is 16.5. The molecule has 4 aliphatic heterocycles. The van der Waals surface area contributed by atoms with Crippen LogP contribution in [0.5, 0.6) is 0 Å². The Morgan fingerprint density at radius 2 is 1.41 bits per heavy atom. The minimum absolute atomic E-state index is 0.00724. The molecule has 162 valence electrons. The molecule has 6 nitrogen and oxygen atoms in total. The predicted molar refractivity (Wildman–Crippen MR) is 112 cm³/mol. The number of rotatable bonds is 10. The summed E-state index contributed by atoms with van der Waals surface area (Å²) in [5.74, 6) is -0.522. The first kappa shape index (κ1) is 21.0. The van der Waals surface area contributed by atoms with Crippen LogP contribution in [0.2, 0.25) is 0 Å². The number of hydrogen-bond acceptors (Lipinski definition) is 5. The van der Waals surface area contributed by atoms with Crippen molar-refractivity contribution in [2.24, 2.45) is 11.8 Å². The molecular formula is C23H37N3O3. The second kappa shape index (κ2) is 9.27. The standard InChI is InChI=1S/C23H37N3O3/c1-3-17(4-2)25-15-13-24(14-16-25)11-7-5-6-8-12-26-22(27)20-18-9-10-19(29-18)21(20)23(26)28/h9-10,17-21H,3-8,11-16H2,1-2H3/t18-,19+,20-,21+. The van der Waals surface area contributed by atoms with E-state index in [1.807, 2.05) is 12.2 Å². The average molecular weight is 404 g/mol. The summed E-state index contributed by atoms with van der Waals surface area (Å²) in [6, 6.07) is 0.755. The number of likely N-dealkylation sites (tertiary alicyclic amines) is 1. The molecule has 3 saturated heterocycles. The Balaban J connectivity index is 1.09. The van der Waals surface area contributed by atoms with Crippen molar-refractivity contribution < 1.29 is 14.3 Å². The maximum absolute atomic E-state index is 12.6. The van der Waals surface area contributed by atoms with Gasteiger partial charge in [-0.25, -0.2) is 0 Å². The fourth-order valence-corrected chi connectivity index (χ4v) is 5.70. The Morgan fingerprint density at radius 1 is 0.862 bits per heavy atom. The molecule has 4 heterocycles. The molecule has 0 aromatic carbocycles.